The summed E-state index contributed by atoms with van der Waals surface area (Å²) in [7, 11) is -3.39. The van der Waals surface area contributed by atoms with Crippen molar-refractivity contribution in [2.45, 2.75) is 37.1 Å². The smallest absolute Gasteiger partial charge is 0.240 e. The Hall–Kier alpha value is -0.560. The highest BCUT2D eigenvalue weighted by molar-refractivity contribution is 7.98. The summed E-state index contributed by atoms with van der Waals surface area (Å²) in [6.45, 7) is 2.36. The highest BCUT2D eigenvalue weighted by Gasteiger charge is 2.13. The van der Waals surface area contributed by atoms with E-state index in [1.54, 1.807) is 24.3 Å². The van der Waals surface area contributed by atoms with Crippen LogP contribution in [0.15, 0.2) is 29.2 Å². The Morgan fingerprint density at radius 3 is 2.40 bits per heavy atom. The molecule has 0 fully saturated rings. The number of hydrogen-bond donors (Lipinski definition) is 2. The van der Waals surface area contributed by atoms with E-state index in [1.165, 1.54) is 0 Å². The molecule has 0 aliphatic heterocycles. The van der Waals surface area contributed by atoms with Gasteiger partial charge in [-0.3, -0.25) is 0 Å². The zero-order valence-electron chi connectivity index (χ0n) is 12.1. The summed E-state index contributed by atoms with van der Waals surface area (Å²) in [4.78, 5) is 0.297. The molecule has 3 N–H and O–H groups in total. The highest BCUT2D eigenvalue weighted by Crippen LogP contribution is 2.14. The second-order valence-corrected chi connectivity index (χ2v) is 7.56. The molecule has 1 rings (SSSR count). The summed E-state index contributed by atoms with van der Waals surface area (Å²) >= 11 is 1.82. The number of rotatable bonds is 9. The number of nitrogens with one attached hydrogen (secondary N) is 1. The van der Waals surface area contributed by atoms with Gasteiger partial charge in [-0.05, 0) is 49.5 Å². The van der Waals surface area contributed by atoms with Crippen LogP contribution in [-0.2, 0) is 10.0 Å². The third-order valence-corrected chi connectivity index (χ3v) is 5.21. The Kier molecular flexibility index (Phi) is 7.58. The van der Waals surface area contributed by atoms with Crippen molar-refractivity contribution in [1.82, 2.24) is 4.72 Å². The average Bonchev–Trinajstić information content (AvgIpc) is 2.43. The van der Waals surface area contributed by atoms with Gasteiger partial charge >= 0.3 is 0 Å². The quantitative estimate of drug-likeness (QED) is 0.687. The van der Waals surface area contributed by atoms with Gasteiger partial charge in [0.1, 0.15) is 0 Å². The van der Waals surface area contributed by atoms with Crippen molar-refractivity contribution in [1.29, 1.82) is 0 Å². The minimum atomic E-state index is -3.39. The molecule has 0 saturated carbocycles. The van der Waals surface area contributed by atoms with Gasteiger partial charge in [0.05, 0.1) is 4.90 Å². The normalized spacial score (nSPS) is 13.3. The fourth-order valence-corrected chi connectivity index (χ4v) is 3.36. The molecule has 1 aromatic rings. The van der Waals surface area contributed by atoms with E-state index in [0.29, 0.717) is 11.4 Å². The van der Waals surface area contributed by atoms with Gasteiger partial charge in [-0.1, -0.05) is 18.6 Å². The number of benzene rings is 1. The Morgan fingerprint density at radius 1 is 1.20 bits per heavy atom. The molecule has 0 amide bonds. The van der Waals surface area contributed by atoms with Crippen molar-refractivity contribution in [3.05, 3.63) is 29.8 Å². The Balaban J connectivity index is 2.47. The molecule has 0 bridgehead atoms. The second kappa shape index (κ2) is 8.67. The predicted octanol–water partition coefficient (Wildman–Crippen LogP) is 2.52. The lowest BCUT2D eigenvalue weighted by Crippen LogP contribution is -2.24. The first-order chi connectivity index (χ1) is 9.47. The van der Waals surface area contributed by atoms with Crippen LogP contribution in [-0.4, -0.2) is 27.0 Å². The third kappa shape index (κ3) is 5.83. The van der Waals surface area contributed by atoms with Gasteiger partial charge in [-0.2, -0.15) is 11.8 Å². The van der Waals surface area contributed by atoms with Crippen molar-refractivity contribution in [3.8, 4) is 0 Å². The van der Waals surface area contributed by atoms with Crippen LogP contribution in [0, 0.1) is 0 Å². The van der Waals surface area contributed by atoms with Crippen LogP contribution in [0.25, 0.3) is 0 Å². The molecule has 0 saturated heterocycles. The molecule has 20 heavy (non-hydrogen) atoms. The molecule has 0 aliphatic carbocycles. The van der Waals surface area contributed by atoms with Gasteiger partial charge in [0.15, 0.2) is 0 Å². The summed E-state index contributed by atoms with van der Waals surface area (Å²) in [5.74, 6) is 1.13. The van der Waals surface area contributed by atoms with Crippen molar-refractivity contribution < 1.29 is 8.42 Å². The van der Waals surface area contributed by atoms with Crippen LogP contribution < -0.4 is 10.5 Å². The molecule has 114 valence electrons. The van der Waals surface area contributed by atoms with E-state index in [4.69, 9.17) is 5.73 Å². The van der Waals surface area contributed by atoms with E-state index in [-0.39, 0.29) is 6.04 Å². The summed E-state index contributed by atoms with van der Waals surface area (Å²) < 4.78 is 26.7. The summed E-state index contributed by atoms with van der Waals surface area (Å²) in [6.07, 6.45) is 5.13. The Morgan fingerprint density at radius 2 is 1.85 bits per heavy atom. The molecule has 0 aliphatic rings. The van der Waals surface area contributed by atoms with Gasteiger partial charge in [0.25, 0.3) is 0 Å². The maximum atomic E-state index is 12.1. The van der Waals surface area contributed by atoms with Crippen LogP contribution in [0.1, 0.15) is 37.8 Å². The molecule has 6 heteroatoms. The Bertz CT molecular complexity index is 484. The third-order valence-electron chi connectivity index (χ3n) is 3.03. The summed E-state index contributed by atoms with van der Waals surface area (Å²) in [6, 6.07) is 6.65. The average molecular weight is 316 g/mol. The first-order valence-corrected chi connectivity index (χ1v) is 9.69. The van der Waals surface area contributed by atoms with Crippen molar-refractivity contribution in [3.63, 3.8) is 0 Å². The second-order valence-electron chi connectivity index (χ2n) is 4.81. The van der Waals surface area contributed by atoms with E-state index in [0.717, 1.165) is 30.6 Å². The van der Waals surface area contributed by atoms with Crippen LogP contribution in [0.4, 0.5) is 0 Å². The molecule has 0 spiro atoms. The number of unbranched alkanes of at least 4 members (excludes halogenated alkanes) is 2. The molecular formula is C14H24N2O2S2. The zero-order valence-corrected chi connectivity index (χ0v) is 13.8. The van der Waals surface area contributed by atoms with Gasteiger partial charge in [-0.25, -0.2) is 13.1 Å². The molecular weight excluding hydrogens is 292 g/mol. The molecule has 1 atom stereocenters. The number of thioether (sulfide) groups is 1. The lowest BCUT2D eigenvalue weighted by molar-refractivity contribution is 0.576. The standard InChI is InChI=1S/C14H24N2O2S2/c1-12(15)13-6-8-14(9-7-13)20(17,18)16-10-4-3-5-11-19-2/h6-9,12,16H,3-5,10-11,15H2,1-2H3. The maximum Gasteiger partial charge on any atom is 0.240 e. The first-order valence-electron chi connectivity index (χ1n) is 6.81. The number of hydrogen-bond acceptors (Lipinski definition) is 4. The largest absolute Gasteiger partial charge is 0.324 e. The zero-order chi connectivity index (χ0) is 15.0. The van der Waals surface area contributed by atoms with Crippen LogP contribution in [0.2, 0.25) is 0 Å². The lowest BCUT2D eigenvalue weighted by atomic mass is 10.1. The fourth-order valence-electron chi connectivity index (χ4n) is 1.79. The van der Waals surface area contributed by atoms with Gasteiger partial charge in [0.2, 0.25) is 10.0 Å². The Labute approximate surface area is 126 Å². The molecule has 4 nitrogen and oxygen atoms in total. The molecule has 0 heterocycles. The topological polar surface area (TPSA) is 72.2 Å². The first kappa shape index (κ1) is 17.5. The maximum absolute atomic E-state index is 12.1. The van der Waals surface area contributed by atoms with Crippen molar-refractivity contribution >= 4 is 21.8 Å². The van der Waals surface area contributed by atoms with Crippen LogP contribution in [0.3, 0.4) is 0 Å². The van der Waals surface area contributed by atoms with E-state index in [2.05, 4.69) is 11.0 Å². The highest BCUT2D eigenvalue weighted by atomic mass is 32.2. The van der Waals surface area contributed by atoms with Gasteiger partial charge in [-0.15, -0.1) is 0 Å². The van der Waals surface area contributed by atoms with Crippen molar-refractivity contribution in [2.75, 3.05) is 18.6 Å². The monoisotopic (exact) mass is 316 g/mol. The molecule has 1 aromatic carbocycles. The molecule has 0 aromatic heterocycles. The predicted molar refractivity (Wildman–Crippen MR) is 86.5 cm³/mol. The molecule has 0 radical (unpaired) electrons. The number of sulfonamides is 1. The summed E-state index contributed by atoms with van der Waals surface area (Å²) in [5.41, 5.74) is 6.68. The van der Waals surface area contributed by atoms with E-state index >= 15 is 0 Å². The van der Waals surface area contributed by atoms with Gasteiger partial charge in [0, 0.05) is 12.6 Å². The van der Waals surface area contributed by atoms with E-state index < -0.39 is 10.0 Å². The van der Waals surface area contributed by atoms with Crippen molar-refractivity contribution in [2.24, 2.45) is 5.73 Å². The minimum Gasteiger partial charge on any atom is -0.324 e. The van der Waals surface area contributed by atoms with Gasteiger partial charge < -0.3 is 5.73 Å². The SMILES string of the molecule is CSCCCCCNS(=O)(=O)c1ccc(C(C)N)cc1. The van der Waals surface area contributed by atoms with E-state index in [9.17, 15) is 8.42 Å². The minimum absolute atomic E-state index is 0.0869. The lowest BCUT2D eigenvalue weighted by Gasteiger charge is -2.09. The number of nitrogens with two attached hydrogens (primary N) is 1. The van der Waals surface area contributed by atoms with E-state index in [1.807, 2.05) is 18.7 Å². The summed E-state index contributed by atoms with van der Waals surface area (Å²) in [5, 5.41) is 0. The fraction of sp³-hybridized carbons (Fsp3) is 0.571. The van der Waals surface area contributed by atoms with Crippen LogP contribution in [0.5, 0.6) is 0 Å². The van der Waals surface area contributed by atoms with Crippen LogP contribution >= 0.6 is 11.8 Å². The molecule has 1 unspecified atom stereocenters.